The molecule has 2 rings (SSSR count). The van der Waals surface area contributed by atoms with Crippen LogP contribution in [0.15, 0.2) is 24.3 Å². The van der Waals surface area contributed by atoms with Gasteiger partial charge in [0.15, 0.2) is 0 Å². The second-order valence-corrected chi connectivity index (χ2v) is 5.82. The van der Waals surface area contributed by atoms with Crippen molar-refractivity contribution in [2.75, 3.05) is 5.32 Å². The molecule has 0 saturated heterocycles. The van der Waals surface area contributed by atoms with Crippen LogP contribution in [-0.4, -0.2) is 16.1 Å². The second-order valence-electron chi connectivity index (χ2n) is 4.81. The zero-order valence-electron chi connectivity index (χ0n) is 12.3. The number of nitrogens with two attached hydrogens (primary N) is 1. The number of nitrogens with one attached hydrogen (secondary N) is 1. The summed E-state index contributed by atoms with van der Waals surface area (Å²) in [5, 5.41) is 12.5. The third-order valence-corrected chi connectivity index (χ3v) is 4.45. The first kappa shape index (κ1) is 15.6. The molecule has 0 bridgehead atoms. The lowest BCUT2D eigenvalue weighted by Gasteiger charge is -2.05. The van der Waals surface area contributed by atoms with Crippen molar-refractivity contribution in [3.63, 3.8) is 0 Å². The number of nitrogens with zero attached hydrogens (tertiary/aromatic N) is 2. The quantitative estimate of drug-likeness (QED) is 0.859. The van der Waals surface area contributed by atoms with Crippen LogP contribution in [0, 0.1) is 0 Å². The first-order chi connectivity index (χ1) is 10.2. The van der Waals surface area contributed by atoms with E-state index in [1.807, 2.05) is 12.1 Å². The van der Waals surface area contributed by atoms with Crippen LogP contribution < -0.4 is 11.1 Å². The molecule has 0 saturated carbocycles. The predicted molar refractivity (Wildman–Crippen MR) is 85.5 cm³/mol. The number of hydrogen-bond donors (Lipinski definition) is 2. The molecule has 21 heavy (non-hydrogen) atoms. The maximum Gasteiger partial charge on any atom is 0.257 e. The van der Waals surface area contributed by atoms with Crippen molar-refractivity contribution in [3.8, 4) is 0 Å². The smallest absolute Gasteiger partial charge is 0.257 e. The first-order valence-electron chi connectivity index (χ1n) is 7.11. The van der Waals surface area contributed by atoms with E-state index in [0.717, 1.165) is 23.4 Å². The first-order valence-corrected chi connectivity index (χ1v) is 7.93. The highest BCUT2D eigenvalue weighted by Crippen LogP contribution is 2.28. The van der Waals surface area contributed by atoms with E-state index in [4.69, 9.17) is 5.73 Å². The number of anilines is 1. The van der Waals surface area contributed by atoms with E-state index in [0.29, 0.717) is 23.2 Å². The number of carbonyl (C=O) groups excluding carboxylic acids is 1. The Hall–Kier alpha value is -1.79. The zero-order chi connectivity index (χ0) is 15.2. The molecule has 1 aromatic carbocycles. The molecular formula is C15H20N4OS. The van der Waals surface area contributed by atoms with Crippen molar-refractivity contribution in [2.24, 2.45) is 5.73 Å². The zero-order valence-corrected chi connectivity index (χ0v) is 13.1. The molecule has 0 aliphatic rings. The van der Waals surface area contributed by atoms with Crippen LogP contribution in [0.2, 0.25) is 0 Å². The van der Waals surface area contributed by atoms with Crippen LogP contribution in [0.25, 0.3) is 0 Å². The molecule has 1 heterocycles. The van der Waals surface area contributed by atoms with Crippen molar-refractivity contribution in [1.82, 2.24) is 10.2 Å². The largest absolute Gasteiger partial charge is 0.326 e. The van der Waals surface area contributed by atoms with Gasteiger partial charge >= 0.3 is 0 Å². The molecule has 0 atom stereocenters. The summed E-state index contributed by atoms with van der Waals surface area (Å²) < 4.78 is 0. The molecule has 0 unspecified atom stereocenters. The van der Waals surface area contributed by atoms with Gasteiger partial charge in [0.05, 0.1) is 0 Å². The third kappa shape index (κ3) is 3.86. The Morgan fingerprint density at radius 2 is 1.90 bits per heavy atom. The standard InChI is InChI=1S/C15H20N4OS/c1-3-11(4-2)14-18-19-15(21-14)17-13(20)12-7-5-10(9-16)6-8-12/h5-8,11H,3-4,9,16H2,1-2H3,(H,17,19,20). The maximum absolute atomic E-state index is 12.1. The Labute approximate surface area is 128 Å². The Balaban J connectivity index is 2.05. The van der Waals surface area contributed by atoms with E-state index in [1.165, 1.54) is 11.3 Å². The molecule has 0 radical (unpaired) electrons. The fraction of sp³-hybridized carbons (Fsp3) is 0.400. The van der Waals surface area contributed by atoms with E-state index in [-0.39, 0.29) is 5.91 Å². The Morgan fingerprint density at radius 1 is 1.24 bits per heavy atom. The summed E-state index contributed by atoms with van der Waals surface area (Å²) in [6.45, 7) is 4.73. The van der Waals surface area contributed by atoms with Crippen LogP contribution in [0.3, 0.4) is 0 Å². The monoisotopic (exact) mass is 304 g/mol. The van der Waals surface area contributed by atoms with Crippen molar-refractivity contribution < 1.29 is 4.79 Å². The SMILES string of the molecule is CCC(CC)c1nnc(NC(=O)c2ccc(CN)cc2)s1. The third-order valence-electron chi connectivity index (χ3n) is 3.45. The minimum absolute atomic E-state index is 0.175. The highest BCUT2D eigenvalue weighted by atomic mass is 32.1. The van der Waals surface area contributed by atoms with Gasteiger partial charge in [-0.25, -0.2) is 0 Å². The molecule has 0 aliphatic carbocycles. The van der Waals surface area contributed by atoms with Gasteiger partial charge in [-0.15, -0.1) is 10.2 Å². The summed E-state index contributed by atoms with van der Waals surface area (Å²) in [7, 11) is 0. The average Bonchev–Trinajstić information content (AvgIpc) is 2.97. The molecule has 112 valence electrons. The Kier molecular flexibility index (Phi) is 5.41. The fourth-order valence-electron chi connectivity index (χ4n) is 2.05. The van der Waals surface area contributed by atoms with Crippen LogP contribution in [0.1, 0.15) is 53.5 Å². The molecule has 1 amide bonds. The van der Waals surface area contributed by atoms with E-state index >= 15 is 0 Å². The van der Waals surface area contributed by atoms with Crippen LogP contribution in [-0.2, 0) is 6.54 Å². The normalized spacial score (nSPS) is 10.9. The highest BCUT2D eigenvalue weighted by molar-refractivity contribution is 7.15. The van der Waals surface area contributed by atoms with E-state index < -0.39 is 0 Å². The highest BCUT2D eigenvalue weighted by Gasteiger charge is 2.15. The number of carbonyl (C=O) groups is 1. The molecule has 3 N–H and O–H groups in total. The Bertz CT molecular complexity index is 590. The fourth-order valence-corrected chi connectivity index (χ4v) is 3.05. The number of rotatable bonds is 6. The minimum atomic E-state index is -0.175. The van der Waals surface area contributed by atoms with Gasteiger partial charge in [0.25, 0.3) is 5.91 Å². The lowest BCUT2D eigenvalue weighted by atomic mass is 10.1. The van der Waals surface area contributed by atoms with Crippen molar-refractivity contribution >= 4 is 22.4 Å². The van der Waals surface area contributed by atoms with Gasteiger partial charge in [0.1, 0.15) is 5.01 Å². The summed E-state index contributed by atoms with van der Waals surface area (Å²) >= 11 is 1.45. The lowest BCUT2D eigenvalue weighted by Crippen LogP contribution is -2.11. The second kappa shape index (κ2) is 7.28. The maximum atomic E-state index is 12.1. The van der Waals surface area contributed by atoms with Crippen LogP contribution in [0.4, 0.5) is 5.13 Å². The molecule has 2 aromatic rings. The molecule has 0 aliphatic heterocycles. The number of benzene rings is 1. The summed E-state index contributed by atoms with van der Waals surface area (Å²) in [6.07, 6.45) is 2.05. The van der Waals surface area contributed by atoms with Gasteiger partial charge < -0.3 is 5.73 Å². The summed E-state index contributed by atoms with van der Waals surface area (Å²) in [4.78, 5) is 12.1. The van der Waals surface area contributed by atoms with Crippen LogP contribution >= 0.6 is 11.3 Å². The van der Waals surface area contributed by atoms with Gasteiger partial charge in [-0.2, -0.15) is 0 Å². The van der Waals surface area contributed by atoms with Gasteiger partial charge in [-0.1, -0.05) is 37.3 Å². The van der Waals surface area contributed by atoms with E-state index in [9.17, 15) is 4.79 Å². The number of aromatic nitrogens is 2. The molecule has 6 heteroatoms. The summed E-state index contributed by atoms with van der Waals surface area (Å²) in [5.41, 5.74) is 7.13. The van der Waals surface area contributed by atoms with Crippen LogP contribution in [0.5, 0.6) is 0 Å². The molecule has 0 fully saturated rings. The predicted octanol–water partition coefficient (Wildman–Crippen LogP) is 3.15. The number of amides is 1. The van der Waals surface area contributed by atoms with Gasteiger partial charge in [-0.05, 0) is 30.5 Å². The molecule has 0 spiro atoms. The minimum Gasteiger partial charge on any atom is -0.326 e. The number of hydrogen-bond acceptors (Lipinski definition) is 5. The molecular weight excluding hydrogens is 284 g/mol. The average molecular weight is 304 g/mol. The Morgan fingerprint density at radius 3 is 2.48 bits per heavy atom. The summed E-state index contributed by atoms with van der Waals surface area (Å²) in [6, 6.07) is 7.23. The van der Waals surface area contributed by atoms with E-state index in [2.05, 4.69) is 29.4 Å². The van der Waals surface area contributed by atoms with Crippen molar-refractivity contribution in [3.05, 3.63) is 40.4 Å². The topological polar surface area (TPSA) is 80.9 Å². The van der Waals surface area contributed by atoms with E-state index in [1.54, 1.807) is 12.1 Å². The summed E-state index contributed by atoms with van der Waals surface area (Å²) in [5.74, 6) is 0.239. The lowest BCUT2D eigenvalue weighted by molar-refractivity contribution is 0.102. The molecule has 1 aromatic heterocycles. The van der Waals surface area contributed by atoms with Crippen molar-refractivity contribution in [2.45, 2.75) is 39.2 Å². The van der Waals surface area contributed by atoms with Gasteiger partial charge in [-0.3, -0.25) is 10.1 Å². The van der Waals surface area contributed by atoms with Gasteiger partial charge in [0, 0.05) is 18.0 Å². The molecule has 5 nitrogen and oxygen atoms in total. The van der Waals surface area contributed by atoms with Crippen molar-refractivity contribution in [1.29, 1.82) is 0 Å². The van der Waals surface area contributed by atoms with Gasteiger partial charge in [0.2, 0.25) is 5.13 Å².